The molecular weight excluding hydrogens is 277 g/mol. The molecule has 0 fully saturated rings. The van der Waals surface area contributed by atoms with E-state index in [1.54, 1.807) is 0 Å². The van der Waals surface area contributed by atoms with Crippen LogP contribution in [0.4, 0.5) is 4.39 Å². The Morgan fingerprint density at radius 3 is 2.71 bits per heavy atom. The largest absolute Gasteiger partial charge is 0.465 e. The number of rotatable bonds is 3. The highest BCUT2D eigenvalue weighted by Gasteiger charge is 2.18. The fraction of sp³-hybridized carbons (Fsp3) is 0.462. The number of nitrogens with zero attached hydrogens (tertiary/aromatic N) is 5. The summed E-state index contributed by atoms with van der Waals surface area (Å²) in [4.78, 5) is 16.6. The second-order valence-electron chi connectivity index (χ2n) is 5.75. The first-order valence-corrected chi connectivity index (χ1v) is 6.32. The van der Waals surface area contributed by atoms with Crippen LogP contribution < -0.4 is 0 Å². The van der Waals surface area contributed by atoms with E-state index in [9.17, 15) is 9.18 Å². The fourth-order valence-electron chi connectivity index (χ4n) is 1.66. The topological polar surface area (TPSA) is 82.8 Å². The van der Waals surface area contributed by atoms with Crippen LogP contribution in [0, 0.1) is 11.2 Å². The lowest BCUT2D eigenvalue weighted by atomic mass is 9.97. The van der Waals surface area contributed by atoms with Gasteiger partial charge in [-0.3, -0.25) is 0 Å². The van der Waals surface area contributed by atoms with Gasteiger partial charge in [0.25, 0.3) is 0 Å². The Balaban J connectivity index is 2.28. The van der Waals surface area contributed by atoms with E-state index in [2.05, 4.69) is 25.1 Å². The van der Waals surface area contributed by atoms with Crippen LogP contribution in [0.3, 0.4) is 0 Å². The molecule has 21 heavy (non-hydrogen) atoms. The Hall–Kier alpha value is -2.38. The first kappa shape index (κ1) is 15.0. The highest BCUT2D eigenvalue weighted by atomic mass is 19.1. The van der Waals surface area contributed by atoms with Crippen molar-refractivity contribution in [2.24, 2.45) is 5.41 Å². The number of esters is 1. The summed E-state index contributed by atoms with van der Waals surface area (Å²) in [5, 5.41) is 11.8. The molecule has 8 heteroatoms. The maximum absolute atomic E-state index is 14.0. The van der Waals surface area contributed by atoms with Gasteiger partial charge in [0.15, 0.2) is 5.82 Å². The van der Waals surface area contributed by atoms with Crippen molar-refractivity contribution in [1.29, 1.82) is 0 Å². The van der Waals surface area contributed by atoms with Gasteiger partial charge in [0.1, 0.15) is 5.69 Å². The Labute approximate surface area is 121 Å². The molecule has 0 N–H and O–H groups in total. The standard InChI is InChI=1S/C13H16FN5O2/c1-13(2,3)7-19-17-11(16-18-19)10-9(14)5-8(6-15-10)12(20)21-4/h5-6H,7H2,1-4H3. The van der Waals surface area contributed by atoms with Crippen molar-refractivity contribution in [3.8, 4) is 11.5 Å². The molecule has 0 atom stereocenters. The lowest BCUT2D eigenvalue weighted by Gasteiger charge is -2.15. The molecule has 0 aromatic carbocycles. The third kappa shape index (κ3) is 3.59. The molecule has 2 rings (SSSR count). The molecule has 0 unspecified atom stereocenters. The summed E-state index contributed by atoms with van der Waals surface area (Å²) in [5.74, 6) is -1.28. The van der Waals surface area contributed by atoms with Gasteiger partial charge in [0, 0.05) is 6.20 Å². The van der Waals surface area contributed by atoms with E-state index in [0.717, 1.165) is 6.07 Å². The van der Waals surface area contributed by atoms with E-state index in [4.69, 9.17) is 0 Å². The van der Waals surface area contributed by atoms with Crippen molar-refractivity contribution in [1.82, 2.24) is 25.2 Å². The average Bonchev–Trinajstić information content (AvgIpc) is 2.83. The van der Waals surface area contributed by atoms with Crippen LogP contribution in [0.25, 0.3) is 11.5 Å². The Kier molecular flexibility index (Phi) is 3.97. The minimum absolute atomic E-state index is 0.0285. The Morgan fingerprint density at radius 2 is 2.14 bits per heavy atom. The van der Waals surface area contributed by atoms with Gasteiger partial charge in [-0.05, 0) is 16.7 Å². The number of aromatic nitrogens is 5. The fourth-order valence-corrected chi connectivity index (χ4v) is 1.66. The van der Waals surface area contributed by atoms with Crippen LogP contribution in [0.5, 0.6) is 0 Å². The summed E-state index contributed by atoms with van der Waals surface area (Å²) < 4.78 is 18.5. The zero-order valence-corrected chi connectivity index (χ0v) is 12.3. The van der Waals surface area contributed by atoms with Crippen molar-refractivity contribution in [3.05, 3.63) is 23.6 Å². The molecule has 0 saturated heterocycles. The number of pyridine rings is 1. The van der Waals surface area contributed by atoms with Crippen molar-refractivity contribution in [2.45, 2.75) is 27.3 Å². The number of carbonyl (C=O) groups excluding carboxylic acids is 1. The van der Waals surface area contributed by atoms with Gasteiger partial charge in [-0.1, -0.05) is 20.8 Å². The molecule has 0 aliphatic rings. The van der Waals surface area contributed by atoms with Gasteiger partial charge < -0.3 is 4.74 Å². The van der Waals surface area contributed by atoms with E-state index in [-0.39, 0.29) is 22.5 Å². The summed E-state index contributed by atoms with van der Waals surface area (Å²) in [7, 11) is 1.22. The Morgan fingerprint density at radius 1 is 1.43 bits per heavy atom. The molecule has 7 nitrogen and oxygen atoms in total. The number of tetrazole rings is 1. The predicted molar refractivity (Wildman–Crippen MR) is 71.8 cm³/mol. The molecule has 0 amide bonds. The zero-order chi connectivity index (χ0) is 15.6. The van der Waals surface area contributed by atoms with E-state index in [1.807, 2.05) is 20.8 Å². The second kappa shape index (κ2) is 5.55. The second-order valence-corrected chi connectivity index (χ2v) is 5.75. The van der Waals surface area contributed by atoms with Crippen molar-refractivity contribution < 1.29 is 13.9 Å². The van der Waals surface area contributed by atoms with Gasteiger partial charge in [-0.25, -0.2) is 14.2 Å². The smallest absolute Gasteiger partial charge is 0.339 e. The summed E-state index contributed by atoms with van der Waals surface area (Å²) in [6.45, 7) is 6.63. The third-order valence-electron chi connectivity index (χ3n) is 2.54. The highest BCUT2D eigenvalue weighted by molar-refractivity contribution is 5.89. The first-order valence-electron chi connectivity index (χ1n) is 6.32. The number of hydrogen-bond donors (Lipinski definition) is 0. The predicted octanol–water partition coefficient (Wildman–Crippen LogP) is 1.71. The van der Waals surface area contributed by atoms with Crippen LogP contribution in [0.15, 0.2) is 12.3 Å². The molecule has 0 aliphatic heterocycles. The number of ether oxygens (including phenoxy) is 1. The molecule has 2 aromatic heterocycles. The Bertz CT molecular complexity index is 663. The van der Waals surface area contributed by atoms with Crippen LogP contribution in [-0.4, -0.2) is 38.3 Å². The molecule has 0 saturated carbocycles. The molecular formula is C13H16FN5O2. The molecule has 112 valence electrons. The van der Waals surface area contributed by atoms with Gasteiger partial charge in [-0.2, -0.15) is 4.80 Å². The van der Waals surface area contributed by atoms with Gasteiger partial charge in [0.05, 0.1) is 19.2 Å². The molecule has 0 aliphatic carbocycles. The average molecular weight is 293 g/mol. The molecule has 0 bridgehead atoms. The summed E-state index contributed by atoms with van der Waals surface area (Å²) >= 11 is 0. The van der Waals surface area contributed by atoms with Crippen LogP contribution in [0.1, 0.15) is 31.1 Å². The summed E-state index contributed by atoms with van der Waals surface area (Å²) in [5.41, 5.74) is -0.0535. The van der Waals surface area contributed by atoms with Gasteiger partial charge in [0.2, 0.25) is 5.82 Å². The van der Waals surface area contributed by atoms with E-state index >= 15 is 0 Å². The van der Waals surface area contributed by atoms with Crippen LogP contribution in [0.2, 0.25) is 0 Å². The summed E-state index contributed by atoms with van der Waals surface area (Å²) in [6.07, 6.45) is 1.22. The maximum Gasteiger partial charge on any atom is 0.339 e. The third-order valence-corrected chi connectivity index (χ3v) is 2.54. The summed E-state index contributed by atoms with van der Waals surface area (Å²) in [6, 6.07) is 1.04. The molecule has 2 heterocycles. The van der Waals surface area contributed by atoms with E-state index in [0.29, 0.717) is 6.54 Å². The van der Waals surface area contributed by atoms with Crippen molar-refractivity contribution in [2.75, 3.05) is 7.11 Å². The lowest BCUT2D eigenvalue weighted by molar-refractivity contribution is 0.0599. The van der Waals surface area contributed by atoms with E-state index in [1.165, 1.54) is 18.1 Å². The van der Waals surface area contributed by atoms with Crippen LogP contribution >= 0.6 is 0 Å². The number of halogens is 1. The number of methoxy groups -OCH3 is 1. The van der Waals surface area contributed by atoms with Gasteiger partial charge >= 0.3 is 5.97 Å². The molecule has 0 radical (unpaired) electrons. The number of hydrogen-bond acceptors (Lipinski definition) is 6. The van der Waals surface area contributed by atoms with Crippen LogP contribution in [-0.2, 0) is 11.3 Å². The van der Waals surface area contributed by atoms with Crippen molar-refractivity contribution in [3.63, 3.8) is 0 Å². The quantitative estimate of drug-likeness (QED) is 0.801. The highest BCUT2D eigenvalue weighted by Crippen LogP contribution is 2.19. The minimum atomic E-state index is -0.701. The van der Waals surface area contributed by atoms with E-state index < -0.39 is 11.8 Å². The monoisotopic (exact) mass is 293 g/mol. The maximum atomic E-state index is 14.0. The minimum Gasteiger partial charge on any atom is -0.465 e. The van der Waals surface area contributed by atoms with Gasteiger partial charge in [-0.15, -0.1) is 10.2 Å². The SMILES string of the molecule is COC(=O)c1cnc(-c2nnn(CC(C)(C)C)n2)c(F)c1. The normalized spacial score (nSPS) is 11.5. The first-order chi connectivity index (χ1) is 9.80. The van der Waals surface area contributed by atoms with Crippen molar-refractivity contribution >= 4 is 5.97 Å². The zero-order valence-electron chi connectivity index (χ0n) is 12.3. The molecule has 2 aromatic rings. The molecule has 0 spiro atoms. The number of carbonyl (C=O) groups is 1. The lowest BCUT2D eigenvalue weighted by Crippen LogP contribution is -2.17.